The third-order valence-electron chi connectivity index (χ3n) is 3.81. The lowest BCUT2D eigenvalue weighted by atomic mass is 10.1. The average Bonchev–Trinajstić information content (AvgIpc) is 3.01. The molecule has 1 aromatic carbocycles. The van der Waals surface area contributed by atoms with Crippen molar-refractivity contribution < 1.29 is 14.3 Å². The first-order chi connectivity index (χ1) is 10.6. The lowest BCUT2D eigenvalue weighted by Gasteiger charge is -2.15. The molecule has 0 aromatic heterocycles. The van der Waals surface area contributed by atoms with E-state index in [1.54, 1.807) is 4.90 Å². The molecule has 0 atom stereocenters. The molecule has 1 saturated heterocycles. The van der Waals surface area contributed by atoms with Crippen molar-refractivity contribution in [1.82, 2.24) is 10.2 Å². The van der Waals surface area contributed by atoms with Gasteiger partial charge in [-0.25, -0.2) is 0 Å². The lowest BCUT2D eigenvalue weighted by molar-refractivity contribution is -0.132. The zero-order chi connectivity index (χ0) is 15.9. The highest BCUT2D eigenvalue weighted by Gasteiger charge is 2.17. The van der Waals surface area contributed by atoms with Crippen LogP contribution in [0.15, 0.2) is 18.2 Å². The number of hydrogen-bond acceptors (Lipinski definition) is 3. The van der Waals surface area contributed by atoms with Crippen LogP contribution in [0.5, 0.6) is 5.75 Å². The van der Waals surface area contributed by atoms with Crippen LogP contribution in [0.3, 0.4) is 0 Å². The maximum Gasteiger partial charge on any atom is 0.241 e. The van der Waals surface area contributed by atoms with E-state index in [1.807, 2.05) is 32.0 Å². The second-order valence-electron chi connectivity index (χ2n) is 5.73. The molecule has 0 aliphatic carbocycles. The largest absolute Gasteiger partial charge is 0.493 e. The minimum Gasteiger partial charge on any atom is -0.493 e. The van der Waals surface area contributed by atoms with Crippen LogP contribution in [-0.4, -0.2) is 43.0 Å². The molecular formula is C17H24N2O3. The summed E-state index contributed by atoms with van der Waals surface area (Å²) in [5.41, 5.74) is 2.24. The van der Waals surface area contributed by atoms with Crippen molar-refractivity contribution in [3.8, 4) is 5.75 Å². The van der Waals surface area contributed by atoms with Crippen molar-refractivity contribution >= 4 is 11.8 Å². The molecule has 0 spiro atoms. The summed E-state index contributed by atoms with van der Waals surface area (Å²) in [6.45, 7) is 6.03. The van der Waals surface area contributed by atoms with Gasteiger partial charge in [-0.1, -0.05) is 17.7 Å². The number of rotatable bonds is 6. The van der Waals surface area contributed by atoms with Gasteiger partial charge in [0.1, 0.15) is 5.75 Å². The summed E-state index contributed by atoms with van der Waals surface area (Å²) in [5, 5.41) is 2.66. The molecule has 1 aliphatic heterocycles. The van der Waals surface area contributed by atoms with Gasteiger partial charge in [0.05, 0.1) is 19.6 Å². The van der Waals surface area contributed by atoms with Crippen LogP contribution in [-0.2, 0) is 9.59 Å². The Kier molecular flexibility index (Phi) is 5.81. The van der Waals surface area contributed by atoms with Crippen LogP contribution < -0.4 is 10.1 Å². The molecule has 1 N–H and O–H groups in total. The van der Waals surface area contributed by atoms with Gasteiger partial charge in [0.25, 0.3) is 0 Å². The minimum absolute atomic E-state index is 0.00106. The van der Waals surface area contributed by atoms with E-state index in [1.165, 1.54) is 5.56 Å². The highest BCUT2D eigenvalue weighted by Crippen LogP contribution is 2.18. The van der Waals surface area contributed by atoms with E-state index in [2.05, 4.69) is 5.32 Å². The van der Waals surface area contributed by atoms with Crippen LogP contribution in [0.1, 0.15) is 30.4 Å². The van der Waals surface area contributed by atoms with Gasteiger partial charge in [0.15, 0.2) is 0 Å². The van der Waals surface area contributed by atoms with E-state index in [4.69, 9.17) is 4.74 Å². The third-order valence-corrected chi connectivity index (χ3v) is 3.81. The maximum absolute atomic E-state index is 11.8. The number of nitrogens with zero attached hydrogens (tertiary/aromatic N) is 1. The highest BCUT2D eigenvalue weighted by atomic mass is 16.5. The fourth-order valence-corrected chi connectivity index (χ4v) is 2.56. The van der Waals surface area contributed by atoms with E-state index in [0.717, 1.165) is 37.2 Å². The van der Waals surface area contributed by atoms with E-state index >= 15 is 0 Å². The average molecular weight is 304 g/mol. The number of hydrogen-bond donors (Lipinski definition) is 1. The smallest absolute Gasteiger partial charge is 0.241 e. The van der Waals surface area contributed by atoms with Gasteiger partial charge in [-0.3, -0.25) is 9.59 Å². The Morgan fingerprint density at radius 1 is 1.23 bits per heavy atom. The molecule has 5 heteroatoms. The number of carbonyl (C=O) groups is 2. The molecule has 22 heavy (non-hydrogen) atoms. The molecule has 120 valence electrons. The summed E-state index contributed by atoms with van der Waals surface area (Å²) >= 11 is 0. The van der Waals surface area contributed by atoms with Crippen LogP contribution in [0.25, 0.3) is 0 Å². The lowest BCUT2D eigenvalue weighted by Crippen LogP contribution is -2.38. The van der Waals surface area contributed by atoms with E-state index in [9.17, 15) is 9.59 Å². The quantitative estimate of drug-likeness (QED) is 0.872. The number of likely N-dealkylation sites (tertiary alicyclic amines) is 1. The Bertz CT molecular complexity index is 537. The van der Waals surface area contributed by atoms with Gasteiger partial charge >= 0.3 is 0 Å². The number of nitrogens with one attached hydrogen (secondary N) is 1. The Morgan fingerprint density at radius 3 is 2.64 bits per heavy atom. The molecule has 0 saturated carbocycles. The fraction of sp³-hybridized carbons (Fsp3) is 0.529. The van der Waals surface area contributed by atoms with Gasteiger partial charge in [0.2, 0.25) is 11.8 Å². The molecular weight excluding hydrogens is 280 g/mol. The van der Waals surface area contributed by atoms with Crippen molar-refractivity contribution in [1.29, 1.82) is 0 Å². The summed E-state index contributed by atoms with van der Waals surface area (Å²) in [5.74, 6) is 0.644. The number of ether oxygens (including phenoxy) is 1. The Labute approximate surface area is 131 Å². The van der Waals surface area contributed by atoms with Crippen LogP contribution >= 0.6 is 0 Å². The molecule has 0 unspecified atom stereocenters. The van der Waals surface area contributed by atoms with Gasteiger partial charge in [-0.05, 0) is 38.3 Å². The van der Waals surface area contributed by atoms with Gasteiger partial charge in [0, 0.05) is 13.1 Å². The van der Waals surface area contributed by atoms with E-state index in [0.29, 0.717) is 6.61 Å². The molecule has 1 aromatic rings. The molecule has 2 rings (SSSR count). The molecule has 1 fully saturated rings. The monoisotopic (exact) mass is 304 g/mol. The highest BCUT2D eigenvalue weighted by molar-refractivity contribution is 5.84. The summed E-state index contributed by atoms with van der Waals surface area (Å²) in [6, 6.07) is 5.95. The number of aryl methyl sites for hydroxylation is 2. The van der Waals surface area contributed by atoms with Crippen molar-refractivity contribution in [2.24, 2.45) is 0 Å². The van der Waals surface area contributed by atoms with Crippen molar-refractivity contribution in [2.75, 3.05) is 26.2 Å². The van der Waals surface area contributed by atoms with Gasteiger partial charge in [-0.2, -0.15) is 0 Å². The predicted octanol–water partition coefficient (Wildman–Crippen LogP) is 1.81. The molecule has 2 amide bonds. The zero-order valence-electron chi connectivity index (χ0n) is 13.4. The molecule has 0 bridgehead atoms. The summed E-state index contributed by atoms with van der Waals surface area (Å²) in [7, 11) is 0. The topological polar surface area (TPSA) is 58.6 Å². The maximum atomic E-state index is 11.8. The van der Waals surface area contributed by atoms with Crippen LogP contribution in [0, 0.1) is 13.8 Å². The first kappa shape index (κ1) is 16.3. The normalized spacial score (nSPS) is 14.0. The number of carbonyl (C=O) groups excluding carboxylic acids is 2. The van der Waals surface area contributed by atoms with Gasteiger partial charge in [-0.15, -0.1) is 0 Å². The summed E-state index contributed by atoms with van der Waals surface area (Å²) in [4.78, 5) is 25.3. The van der Waals surface area contributed by atoms with Crippen LogP contribution in [0.2, 0.25) is 0 Å². The van der Waals surface area contributed by atoms with Gasteiger partial charge < -0.3 is 15.0 Å². The van der Waals surface area contributed by atoms with E-state index < -0.39 is 0 Å². The standard InChI is InChI=1S/C17H24N2O3/c1-13-5-6-15(14(2)11-13)22-10-7-16(20)18-12-17(21)19-8-3-4-9-19/h5-6,11H,3-4,7-10,12H2,1-2H3,(H,18,20). The first-order valence-electron chi connectivity index (χ1n) is 7.81. The van der Waals surface area contributed by atoms with Crippen molar-refractivity contribution in [3.63, 3.8) is 0 Å². The number of benzene rings is 1. The molecule has 1 aliphatic rings. The van der Waals surface area contributed by atoms with Crippen LogP contribution in [0.4, 0.5) is 0 Å². The third kappa shape index (κ3) is 4.76. The second-order valence-corrected chi connectivity index (χ2v) is 5.73. The zero-order valence-corrected chi connectivity index (χ0v) is 13.4. The SMILES string of the molecule is Cc1ccc(OCCC(=O)NCC(=O)N2CCCC2)c(C)c1. The van der Waals surface area contributed by atoms with E-state index in [-0.39, 0.29) is 24.8 Å². The Hall–Kier alpha value is -2.04. The summed E-state index contributed by atoms with van der Waals surface area (Å²) in [6.07, 6.45) is 2.37. The predicted molar refractivity (Wildman–Crippen MR) is 84.9 cm³/mol. The minimum atomic E-state index is -0.155. The Morgan fingerprint density at radius 2 is 1.95 bits per heavy atom. The summed E-state index contributed by atoms with van der Waals surface area (Å²) < 4.78 is 5.61. The first-order valence-corrected chi connectivity index (χ1v) is 7.81. The Balaban J connectivity index is 1.66. The fourth-order valence-electron chi connectivity index (χ4n) is 2.56. The second kappa shape index (κ2) is 7.82. The van der Waals surface area contributed by atoms with Crippen molar-refractivity contribution in [3.05, 3.63) is 29.3 Å². The molecule has 0 radical (unpaired) electrons. The molecule has 5 nitrogen and oxygen atoms in total. The number of amides is 2. The molecule has 1 heterocycles. The van der Waals surface area contributed by atoms with Crippen molar-refractivity contribution in [2.45, 2.75) is 33.1 Å².